The smallest absolute Gasteiger partial charge is 0.295 e. The molecule has 2 N–H and O–H groups in total. The molecule has 2 aromatic carbocycles. The van der Waals surface area contributed by atoms with Crippen molar-refractivity contribution in [3.05, 3.63) is 58.7 Å². The van der Waals surface area contributed by atoms with Crippen molar-refractivity contribution in [1.82, 2.24) is 9.80 Å². The van der Waals surface area contributed by atoms with Crippen LogP contribution in [0.15, 0.2) is 42.0 Å². The van der Waals surface area contributed by atoms with Gasteiger partial charge in [-0.2, -0.15) is 0 Å². The van der Waals surface area contributed by atoms with E-state index in [0.29, 0.717) is 42.4 Å². The summed E-state index contributed by atoms with van der Waals surface area (Å²) >= 11 is 0. The third-order valence-corrected chi connectivity index (χ3v) is 6.10. The topological polar surface area (TPSA) is 99.5 Å². The first-order valence-electron chi connectivity index (χ1n) is 12.1. The van der Waals surface area contributed by atoms with Crippen molar-refractivity contribution in [1.29, 1.82) is 0 Å². The van der Waals surface area contributed by atoms with Gasteiger partial charge >= 0.3 is 0 Å². The first-order chi connectivity index (χ1) is 17.0. The molecule has 0 aliphatic carbocycles. The lowest BCUT2D eigenvalue weighted by Gasteiger charge is -2.26. The van der Waals surface area contributed by atoms with Gasteiger partial charge in [-0.05, 0) is 81.4 Å². The standard InChI is InChI=1S/C28H36N2O6/c1-17(2)16-36-20-9-10-21(18(3)14-20)26(32)24-25(19-8-11-22(31)23(15-19)35-6)30(28(34)27(24)33)13-7-12-29(4)5/h8-11,14-15,17,25,31-32H,7,12-13,16H2,1-6H3/b26-24-. The molecule has 0 saturated carbocycles. The number of nitrogens with zero attached hydrogens (tertiary/aromatic N) is 2. The van der Waals surface area contributed by atoms with Gasteiger partial charge in [0.1, 0.15) is 11.5 Å². The van der Waals surface area contributed by atoms with Crippen LogP contribution in [0, 0.1) is 12.8 Å². The van der Waals surface area contributed by atoms with Gasteiger partial charge in [0, 0.05) is 12.1 Å². The summed E-state index contributed by atoms with van der Waals surface area (Å²) in [5.74, 6) is -0.456. The number of hydrogen-bond acceptors (Lipinski definition) is 7. The molecule has 1 fully saturated rings. The Balaban J connectivity index is 2.10. The van der Waals surface area contributed by atoms with Crippen LogP contribution in [0.4, 0.5) is 0 Å². The number of aliphatic hydroxyl groups is 1. The Morgan fingerprint density at radius 2 is 1.86 bits per heavy atom. The summed E-state index contributed by atoms with van der Waals surface area (Å²) in [5.41, 5.74) is 1.74. The van der Waals surface area contributed by atoms with Crippen molar-refractivity contribution in [2.24, 2.45) is 5.92 Å². The number of likely N-dealkylation sites (tertiary alicyclic amines) is 1. The lowest BCUT2D eigenvalue weighted by molar-refractivity contribution is -0.139. The van der Waals surface area contributed by atoms with Gasteiger partial charge < -0.3 is 29.5 Å². The number of phenolic OH excluding ortho intramolecular Hbond substituents is 1. The second kappa shape index (κ2) is 11.5. The largest absolute Gasteiger partial charge is 0.507 e. The molecule has 1 unspecified atom stereocenters. The number of aromatic hydroxyl groups is 1. The van der Waals surface area contributed by atoms with Gasteiger partial charge in [0.05, 0.1) is 25.3 Å². The SMILES string of the molecule is COc1cc(C2/C(=C(/O)c3ccc(OCC(C)C)cc3C)C(=O)C(=O)N2CCCN(C)C)ccc1O. The summed E-state index contributed by atoms with van der Waals surface area (Å²) in [6.45, 7) is 7.56. The maximum Gasteiger partial charge on any atom is 0.295 e. The summed E-state index contributed by atoms with van der Waals surface area (Å²) in [4.78, 5) is 29.9. The van der Waals surface area contributed by atoms with Crippen molar-refractivity contribution < 1.29 is 29.3 Å². The molecule has 8 heteroatoms. The van der Waals surface area contributed by atoms with E-state index in [1.54, 1.807) is 24.3 Å². The van der Waals surface area contributed by atoms with E-state index in [0.717, 1.165) is 12.1 Å². The summed E-state index contributed by atoms with van der Waals surface area (Å²) < 4.78 is 11.0. The van der Waals surface area contributed by atoms with Crippen LogP contribution in [-0.2, 0) is 9.59 Å². The molecule has 8 nitrogen and oxygen atoms in total. The Morgan fingerprint density at radius 1 is 1.14 bits per heavy atom. The summed E-state index contributed by atoms with van der Waals surface area (Å²) in [6, 6.07) is 9.12. The maximum absolute atomic E-state index is 13.3. The van der Waals surface area contributed by atoms with E-state index in [1.807, 2.05) is 32.0 Å². The lowest BCUT2D eigenvalue weighted by atomic mass is 9.93. The van der Waals surface area contributed by atoms with E-state index in [9.17, 15) is 19.8 Å². The predicted octanol–water partition coefficient (Wildman–Crippen LogP) is 4.12. The fraction of sp³-hybridized carbons (Fsp3) is 0.429. The zero-order valence-electron chi connectivity index (χ0n) is 21.9. The third-order valence-electron chi connectivity index (χ3n) is 6.10. The maximum atomic E-state index is 13.3. The molecule has 1 amide bonds. The molecular weight excluding hydrogens is 460 g/mol. The van der Waals surface area contributed by atoms with Crippen LogP contribution in [0.1, 0.15) is 43.0 Å². The lowest BCUT2D eigenvalue weighted by Crippen LogP contribution is -2.32. The molecule has 2 aromatic rings. The van der Waals surface area contributed by atoms with Crippen molar-refractivity contribution in [3.8, 4) is 17.2 Å². The van der Waals surface area contributed by atoms with Gasteiger partial charge in [-0.15, -0.1) is 0 Å². The van der Waals surface area contributed by atoms with Crippen molar-refractivity contribution in [2.45, 2.75) is 33.2 Å². The quantitative estimate of drug-likeness (QED) is 0.290. The fourth-order valence-electron chi connectivity index (χ4n) is 4.28. The summed E-state index contributed by atoms with van der Waals surface area (Å²) in [7, 11) is 5.31. The first kappa shape index (κ1) is 27.1. The van der Waals surface area contributed by atoms with Gasteiger partial charge in [-0.25, -0.2) is 0 Å². The number of amides is 1. The predicted molar refractivity (Wildman–Crippen MR) is 138 cm³/mol. The number of aryl methyl sites for hydroxylation is 1. The van der Waals surface area contributed by atoms with Gasteiger partial charge in [0.25, 0.3) is 11.7 Å². The van der Waals surface area contributed by atoms with Crippen LogP contribution >= 0.6 is 0 Å². The Labute approximate surface area is 212 Å². The van der Waals surface area contributed by atoms with Crippen LogP contribution in [0.3, 0.4) is 0 Å². The summed E-state index contributed by atoms with van der Waals surface area (Å²) in [6.07, 6.45) is 0.646. The molecule has 0 spiro atoms. The van der Waals surface area contributed by atoms with Crippen LogP contribution < -0.4 is 9.47 Å². The highest BCUT2D eigenvalue weighted by Crippen LogP contribution is 2.42. The number of rotatable bonds is 10. The second-order valence-corrected chi connectivity index (χ2v) is 9.76. The molecular formula is C28H36N2O6. The highest BCUT2D eigenvalue weighted by Gasteiger charge is 2.46. The van der Waals surface area contributed by atoms with Crippen LogP contribution in [0.2, 0.25) is 0 Å². The fourth-order valence-corrected chi connectivity index (χ4v) is 4.28. The zero-order valence-corrected chi connectivity index (χ0v) is 21.9. The monoisotopic (exact) mass is 496 g/mol. The molecule has 1 heterocycles. The highest BCUT2D eigenvalue weighted by atomic mass is 16.5. The molecule has 36 heavy (non-hydrogen) atoms. The first-order valence-corrected chi connectivity index (χ1v) is 12.1. The van der Waals surface area contributed by atoms with E-state index in [2.05, 4.69) is 13.8 Å². The number of aliphatic hydroxyl groups excluding tert-OH is 1. The molecule has 0 bridgehead atoms. The minimum atomic E-state index is -0.821. The Kier molecular flexibility index (Phi) is 8.63. The molecule has 194 valence electrons. The minimum Gasteiger partial charge on any atom is -0.507 e. The number of hydrogen-bond donors (Lipinski definition) is 2. The van der Waals surface area contributed by atoms with Crippen LogP contribution in [0.5, 0.6) is 17.2 Å². The molecule has 1 atom stereocenters. The number of ether oxygens (including phenoxy) is 2. The molecule has 0 radical (unpaired) electrons. The van der Waals surface area contributed by atoms with E-state index < -0.39 is 17.7 Å². The van der Waals surface area contributed by atoms with Crippen molar-refractivity contribution >= 4 is 17.4 Å². The molecule has 3 rings (SSSR count). The number of phenols is 1. The Hall–Kier alpha value is -3.52. The number of ketones is 1. The van der Waals surface area contributed by atoms with Gasteiger partial charge in [-0.1, -0.05) is 19.9 Å². The Bertz CT molecular complexity index is 1150. The number of benzene rings is 2. The average molecular weight is 497 g/mol. The number of methoxy groups -OCH3 is 1. The van der Waals surface area contributed by atoms with Gasteiger partial charge in [-0.3, -0.25) is 9.59 Å². The molecule has 1 aliphatic rings. The van der Waals surface area contributed by atoms with Crippen LogP contribution in [0.25, 0.3) is 5.76 Å². The van der Waals surface area contributed by atoms with E-state index in [1.165, 1.54) is 18.1 Å². The second-order valence-electron chi connectivity index (χ2n) is 9.76. The number of carbonyl (C=O) groups excluding carboxylic acids is 2. The van der Waals surface area contributed by atoms with E-state index in [-0.39, 0.29) is 22.8 Å². The van der Waals surface area contributed by atoms with E-state index >= 15 is 0 Å². The number of Topliss-reactive ketones (excluding diaryl/α,β-unsaturated/α-hetero) is 1. The van der Waals surface area contributed by atoms with Gasteiger partial charge in [0.15, 0.2) is 11.5 Å². The van der Waals surface area contributed by atoms with Crippen LogP contribution in [-0.4, -0.2) is 72.6 Å². The molecule has 1 saturated heterocycles. The Morgan fingerprint density at radius 3 is 2.47 bits per heavy atom. The normalized spacial score (nSPS) is 17.3. The average Bonchev–Trinajstić information content (AvgIpc) is 3.07. The molecule has 1 aliphatic heterocycles. The highest BCUT2D eigenvalue weighted by molar-refractivity contribution is 6.46. The van der Waals surface area contributed by atoms with Crippen molar-refractivity contribution in [2.75, 3.05) is 40.9 Å². The molecule has 0 aromatic heterocycles. The zero-order chi connectivity index (χ0) is 26.6. The van der Waals surface area contributed by atoms with Crippen molar-refractivity contribution in [3.63, 3.8) is 0 Å². The summed E-state index contributed by atoms with van der Waals surface area (Å²) in [5, 5.41) is 21.5. The third kappa shape index (κ3) is 5.82. The van der Waals surface area contributed by atoms with E-state index in [4.69, 9.17) is 9.47 Å². The number of carbonyl (C=O) groups is 2. The van der Waals surface area contributed by atoms with Gasteiger partial charge in [0.2, 0.25) is 0 Å². The minimum absolute atomic E-state index is 0.0107.